The van der Waals surface area contributed by atoms with E-state index in [1.807, 2.05) is 5.38 Å². The second kappa shape index (κ2) is 5.16. The van der Waals surface area contributed by atoms with E-state index in [0.29, 0.717) is 17.1 Å². The molecule has 0 radical (unpaired) electrons. The number of nitrogens with one attached hydrogen (secondary N) is 1. The number of fused-ring (bicyclic) bond motifs is 2. The molecule has 19 heavy (non-hydrogen) atoms. The van der Waals surface area contributed by atoms with Crippen LogP contribution in [-0.2, 0) is 6.54 Å². The van der Waals surface area contributed by atoms with E-state index in [1.165, 1.54) is 11.3 Å². The van der Waals surface area contributed by atoms with Crippen LogP contribution in [0.4, 0.5) is 0 Å². The van der Waals surface area contributed by atoms with Gasteiger partial charge in [-0.25, -0.2) is 10.8 Å². The highest BCUT2D eigenvalue weighted by Gasteiger charge is 2.40. The van der Waals surface area contributed by atoms with Crippen LogP contribution in [0.25, 0.3) is 0 Å². The summed E-state index contributed by atoms with van der Waals surface area (Å²) in [6.07, 6.45) is 3.88. The predicted molar refractivity (Wildman–Crippen MR) is 71.4 cm³/mol. The number of aliphatic hydroxyl groups excluding tert-OH is 1. The molecule has 1 aromatic heterocycles. The van der Waals surface area contributed by atoms with Crippen molar-refractivity contribution < 1.29 is 9.90 Å². The number of hydrogen-bond acceptors (Lipinski definition) is 6. The van der Waals surface area contributed by atoms with Gasteiger partial charge in [0, 0.05) is 24.0 Å². The smallest absolute Gasteiger partial charge is 0.294 e. The molecule has 2 aliphatic heterocycles. The van der Waals surface area contributed by atoms with E-state index in [2.05, 4.69) is 15.3 Å². The Labute approximate surface area is 115 Å². The van der Waals surface area contributed by atoms with Crippen LogP contribution >= 0.6 is 11.3 Å². The Morgan fingerprint density at radius 3 is 2.84 bits per heavy atom. The summed E-state index contributed by atoms with van der Waals surface area (Å²) in [5, 5.41) is 12.1. The van der Waals surface area contributed by atoms with Crippen molar-refractivity contribution in [3.05, 3.63) is 16.1 Å². The van der Waals surface area contributed by atoms with Crippen LogP contribution in [0.5, 0.6) is 0 Å². The quantitative estimate of drug-likeness (QED) is 0.419. The first-order chi connectivity index (χ1) is 9.17. The molecule has 2 fully saturated rings. The van der Waals surface area contributed by atoms with E-state index in [-0.39, 0.29) is 12.0 Å². The summed E-state index contributed by atoms with van der Waals surface area (Å²) in [7, 11) is 0. The standard InChI is InChI=1S/C12H18N4O2S/c13-15-11(18)12-14-7(6-19-12)5-16-8-1-2-9(16)4-10(17)3-8/h6,8-10,17H,1-5,13H2,(H,15,18). The van der Waals surface area contributed by atoms with Gasteiger partial charge >= 0.3 is 0 Å². The van der Waals surface area contributed by atoms with Crippen molar-refractivity contribution in [3.63, 3.8) is 0 Å². The number of nitrogens with zero attached hydrogens (tertiary/aromatic N) is 2. The van der Waals surface area contributed by atoms with Crippen molar-refractivity contribution in [2.24, 2.45) is 5.84 Å². The topological polar surface area (TPSA) is 91.5 Å². The maximum absolute atomic E-state index is 11.4. The second-order valence-corrected chi connectivity index (χ2v) is 6.16. The molecule has 3 rings (SSSR count). The minimum Gasteiger partial charge on any atom is -0.393 e. The Bertz CT molecular complexity index is 464. The van der Waals surface area contributed by atoms with Crippen molar-refractivity contribution in [2.45, 2.75) is 50.4 Å². The number of hydrazine groups is 1. The largest absolute Gasteiger partial charge is 0.393 e. The molecule has 7 heteroatoms. The molecule has 4 N–H and O–H groups in total. The van der Waals surface area contributed by atoms with Crippen LogP contribution in [0.15, 0.2) is 5.38 Å². The molecule has 0 saturated carbocycles. The van der Waals surface area contributed by atoms with Gasteiger partial charge in [-0.05, 0) is 25.7 Å². The van der Waals surface area contributed by atoms with E-state index in [4.69, 9.17) is 5.84 Å². The Balaban J connectivity index is 1.69. The van der Waals surface area contributed by atoms with E-state index in [1.54, 1.807) is 0 Å². The zero-order valence-corrected chi connectivity index (χ0v) is 11.4. The molecule has 0 spiro atoms. The normalized spacial score (nSPS) is 30.5. The van der Waals surface area contributed by atoms with Crippen LogP contribution < -0.4 is 11.3 Å². The Morgan fingerprint density at radius 1 is 1.53 bits per heavy atom. The van der Waals surface area contributed by atoms with Crippen LogP contribution in [-0.4, -0.2) is 39.1 Å². The molecule has 2 unspecified atom stereocenters. The highest BCUT2D eigenvalue weighted by Crippen LogP contribution is 2.36. The summed E-state index contributed by atoms with van der Waals surface area (Å²) in [5.41, 5.74) is 3.01. The molecule has 2 saturated heterocycles. The summed E-state index contributed by atoms with van der Waals surface area (Å²) >= 11 is 1.32. The van der Waals surface area contributed by atoms with Gasteiger partial charge in [-0.2, -0.15) is 0 Å². The van der Waals surface area contributed by atoms with Crippen molar-refractivity contribution in [1.29, 1.82) is 0 Å². The number of hydrogen-bond donors (Lipinski definition) is 3. The number of piperidine rings is 1. The summed E-state index contributed by atoms with van der Waals surface area (Å²) in [5.74, 6) is 4.76. The number of nitrogen functional groups attached to an aromatic ring is 1. The van der Waals surface area contributed by atoms with E-state index in [9.17, 15) is 9.90 Å². The molecular formula is C12H18N4O2S. The molecule has 104 valence electrons. The van der Waals surface area contributed by atoms with Gasteiger partial charge in [0.1, 0.15) is 0 Å². The fourth-order valence-corrected chi connectivity index (χ4v) is 3.95. The SMILES string of the molecule is NNC(=O)c1nc(CN2C3CCC2CC(O)C3)cs1. The lowest BCUT2D eigenvalue weighted by Crippen LogP contribution is -2.44. The first kappa shape index (κ1) is 13.0. The fraction of sp³-hybridized carbons (Fsp3) is 0.667. The van der Waals surface area contributed by atoms with Crippen LogP contribution in [0.2, 0.25) is 0 Å². The first-order valence-corrected chi connectivity index (χ1v) is 7.44. The highest BCUT2D eigenvalue weighted by atomic mass is 32.1. The van der Waals surface area contributed by atoms with Crippen molar-refractivity contribution in [3.8, 4) is 0 Å². The first-order valence-electron chi connectivity index (χ1n) is 6.56. The van der Waals surface area contributed by atoms with Crippen LogP contribution in [0.1, 0.15) is 41.2 Å². The maximum Gasteiger partial charge on any atom is 0.294 e. The third-order valence-electron chi connectivity index (χ3n) is 4.08. The Kier molecular flexibility index (Phi) is 3.53. The molecule has 0 aromatic carbocycles. The number of amides is 1. The average molecular weight is 282 g/mol. The molecule has 6 nitrogen and oxygen atoms in total. The zero-order chi connectivity index (χ0) is 13.4. The number of thiazole rings is 1. The van der Waals surface area contributed by atoms with Gasteiger partial charge in [-0.3, -0.25) is 15.1 Å². The number of carbonyl (C=O) groups excluding carboxylic acids is 1. The van der Waals surface area contributed by atoms with Gasteiger partial charge in [0.25, 0.3) is 5.91 Å². The third-order valence-corrected chi connectivity index (χ3v) is 4.97. The van der Waals surface area contributed by atoms with Gasteiger partial charge in [0.15, 0.2) is 5.01 Å². The van der Waals surface area contributed by atoms with Gasteiger partial charge in [-0.15, -0.1) is 11.3 Å². The van der Waals surface area contributed by atoms with Gasteiger partial charge in [0.2, 0.25) is 0 Å². The van der Waals surface area contributed by atoms with Gasteiger partial charge in [-0.1, -0.05) is 0 Å². The molecule has 2 aliphatic rings. The molecule has 3 heterocycles. The lowest BCUT2D eigenvalue weighted by molar-refractivity contribution is 0.0304. The van der Waals surface area contributed by atoms with Crippen molar-refractivity contribution in [2.75, 3.05) is 0 Å². The number of carbonyl (C=O) groups is 1. The van der Waals surface area contributed by atoms with E-state index in [0.717, 1.165) is 37.9 Å². The van der Waals surface area contributed by atoms with Gasteiger partial charge < -0.3 is 5.11 Å². The Hall–Kier alpha value is -1.02. The average Bonchev–Trinajstić information content (AvgIpc) is 2.94. The van der Waals surface area contributed by atoms with Crippen LogP contribution in [0, 0.1) is 0 Å². The number of aliphatic hydroxyl groups is 1. The number of rotatable bonds is 3. The van der Waals surface area contributed by atoms with Crippen molar-refractivity contribution in [1.82, 2.24) is 15.3 Å². The molecule has 1 amide bonds. The molecule has 2 bridgehead atoms. The molecule has 2 atom stereocenters. The van der Waals surface area contributed by atoms with Gasteiger partial charge in [0.05, 0.1) is 11.8 Å². The monoisotopic (exact) mass is 282 g/mol. The summed E-state index contributed by atoms with van der Waals surface area (Å²) in [6.45, 7) is 0.760. The third kappa shape index (κ3) is 2.51. The fourth-order valence-electron chi connectivity index (χ4n) is 3.24. The maximum atomic E-state index is 11.4. The highest BCUT2D eigenvalue weighted by molar-refractivity contribution is 7.11. The number of aromatic nitrogens is 1. The summed E-state index contributed by atoms with van der Waals surface area (Å²) < 4.78 is 0. The molecule has 0 aliphatic carbocycles. The second-order valence-electron chi connectivity index (χ2n) is 5.30. The minimum absolute atomic E-state index is 0.150. The lowest BCUT2D eigenvalue weighted by Gasteiger charge is -2.36. The Morgan fingerprint density at radius 2 is 2.21 bits per heavy atom. The van der Waals surface area contributed by atoms with Crippen LogP contribution in [0.3, 0.4) is 0 Å². The zero-order valence-electron chi connectivity index (χ0n) is 10.6. The molecule has 1 aromatic rings. The lowest BCUT2D eigenvalue weighted by atomic mass is 10.00. The predicted octanol–water partition coefficient (Wildman–Crippen LogP) is 0.234. The van der Waals surface area contributed by atoms with E-state index < -0.39 is 0 Å². The summed E-state index contributed by atoms with van der Waals surface area (Å²) in [6, 6.07) is 0.921. The van der Waals surface area contributed by atoms with E-state index >= 15 is 0 Å². The van der Waals surface area contributed by atoms with Crippen molar-refractivity contribution >= 4 is 17.2 Å². The number of nitrogens with two attached hydrogens (primary N) is 1. The summed E-state index contributed by atoms with van der Waals surface area (Å²) in [4.78, 5) is 18.1. The molecular weight excluding hydrogens is 264 g/mol. The minimum atomic E-state index is -0.340.